The molecular formula is C16H24IN5. The Balaban J connectivity index is 0.00000242. The largest absolute Gasteiger partial charge is 0.370 e. The van der Waals surface area contributed by atoms with Gasteiger partial charge in [-0.2, -0.15) is 5.10 Å². The molecule has 0 bridgehead atoms. The monoisotopic (exact) mass is 413 g/mol. The summed E-state index contributed by atoms with van der Waals surface area (Å²) in [6.45, 7) is 6.61. The highest BCUT2D eigenvalue weighted by Crippen LogP contribution is 2.08. The molecule has 6 heteroatoms. The van der Waals surface area contributed by atoms with Crippen LogP contribution in [0.15, 0.2) is 47.7 Å². The first kappa shape index (κ1) is 18.5. The number of aliphatic imine (C=N–C) groups is 1. The lowest BCUT2D eigenvalue weighted by Crippen LogP contribution is -2.37. The molecule has 0 saturated heterocycles. The van der Waals surface area contributed by atoms with Crippen LogP contribution < -0.4 is 5.73 Å². The molecule has 0 aliphatic heterocycles. The van der Waals surface area contributed by atoms with E-state index in [0.29, 0.717) is 12.5 Å². The number of halogens is 1. The van der Waals surface area contributed by atoms with Gasteiger partial charge in [-0.25, -0.2) is 4.68 Å². The van der Waals surface area contributed by atoms with Crippen LogP contribution in [0.5, 0.6) is 0 Å². The van der Waals surface area contributed by atoms with E-state index in [1.54, 1.807) is 0 Å². The van der Waals surface area contributed by atoms with E-state index >= 15 is 0 Å². The molecule has 0 unspecified atom stereocenters. The summed E-state index contributed by atoms with van der Waals surface area (Å²) in [4.78, 5) is 6.48. The number of guanidine groups is 1. The van der Waals surface area contributed by atoms with E-state index in [0.717, 1.165) is 30.8 Å². The molecule has 0 atom stereocenters. The number of hydrogen-bond acceptors (Lipinski definition) is 2. The summed E-state index contributed by atoms with van der Waals surface area (Å²) in [7, 11) is 0. The fraction of sp³-hybridized carbons (Fsp3) is 0.375. The molecule has 22 heavy (non-hydrogen) atoms. The van der Waals surface area contributed by atoms with E-state index in [9.17, 15) is 0 Å². The molecule has 1 aromatic heterocycles. The maximum absolute atomic E-state index is 5.95. The minimum absolute atomic E-state index is 0. The highest BCUT2D eigenvalue weighted by atomic mass is 127. The molecule has 2 rings (SSSR count). The summed E-state index contributed by atoms with van der Waals surface area (Å²) in [6.07, 6.45) is 4.77. The Morgan fingerprint density at radius 3 is 2.55 bits per heavy atom. The number of hydrogen-bond donors (Lipinski definition) is 1. The molecule has 0 radical (unpaired) electrons. The maximum Gasteiger partial charge on any atom is 0.191 e. The summed E-state index contributed by atoms with van der Waals surface area (Å²) >= 11 is 0. The lowest BCUT2D eigenvalue weighted by atomic mass is 10.2. The molecule has 5 nitrogen and oxygen atoms in total. The van der Waals surface area contributed by atoms with E-state index in [1.165, 1.54) is 0 Å². The van der Waals surface area contributed by atoms with Gasteiger partial charge >= 0.3 is 0 Å². The Labute approximate surface area is 149 Å². The van der Waals surface area contributed by atoms with Gasteiger partial charge in [0.1, 0.15) is 0 Å². The molecule has 0 saturated carbocycles. The Kier molecular flexibility index (Phi) is 7.94. The van der Waals surface area contributed by atoms with Crippen molar-refractivity contribution in [3.8, 4) is 5.69 Å². The number of rotatable bonds is 6. The van der Waals surface area contributed by atoms with Crippen LogP contribution in [0.1, 0.15) is 19.4 Å². The Hall–Kier alpha value is -1.57. The zero-order chi connectivity index (χ0) is 15.1. The van der Waals surface area contributed by atoms with Gasteiger partial charge in [0, 0.05) is 25.8 Å². The van der Waals surface area contributed by atoms with Gasteiger partial charge in [0.2, 0.25) is 0 Å². The van der Waals surface area contributed by atoms with Crippen molar-refractivity contribution < 1.29 is 0 Å². The number of para-hydroxylation sites is 1. The summed E-state index contributed by atoms with van der Waals surface area (Å²) in [6, 6.07) is 10.1. The van der Waals surface area contributed by atoms with Gasteiger partial charge < -0.3 is 10.6 Å². The second kappa shape index (κ2) is 9.45. The van der Waals surface area contributed by atoms with E-state index in [4.69, 9.17) is 5.73 Å². The summed E-state index contributed by atoms with van der Waals surface area (Å²) in [5.74, 6) is 0.621. The topological polar surface area (TPSA) is 59.4 Å². The molecule has 0 aliphatic carbocycles. The Morgan fingerprint density at radius 2 is 1.91 bits per heavy atom. The van der Waals surface area contributed by atoms with Gasteiger partial charge in [0.25, 0.3) is 0 Å². The SMILES string of the molecule is CCN(CC)C(N)=NCCc1cnn(-c2ccccc2)c1.I. The van der Waals surface area contributed by atoms with Crippen LogP contribution in [0.2, 0.25) is 0 Å². The van der Waals surface area contributed by atoms with Crippen LogP contribution >= 0.6 is 24.0 Å². The minimum atomic E-state index is 0. The van der Waals surface area contributed by atoms with Gasteiger partial charge in [0.05, 0.1) is 11.9 Å². The number of benzene rings is 1. The van der Waals surface area contributed by atoms with E-state index in [-0.39, 0.29) is 24.0 Å². The number of aromatic nitrogens is 2. The Bertz CT molecular complexity index is 575. The predicted octanol–water partition coefficient (Wildman–Crippen LogP) is 2.69. The second-order valence-corrected chi connectivity index (χ2v) is 4.79. The molecule has 0 amide bonds. The quantitative estimate of drug-likeness (QED) is 0.450. The van der Waals surface area contributed by atoms with Crippen LogP contribution in [-0.4, -0.2) is 40.3 Å². The van der Waals surface area contributed by atoms with Crippen molar-refractivity contribution in [1.29, 1.82) is 0 Å². The first-order valence-electron chi connectivity index (χ1n) is 7.38. The molecule has 0 spiro atoms. The van der Waals surface area contributed by atoms with Crippen molar-refractivity contribution in [3.63, 3.8) is 0 Å². The Morgan fingerprint density at radius 1 is 1.23 bits per heavy atom. The van der Waals surface area contributed by atoms with Gasteiger partial charge in [-0.3, -0.25) is 4.99 Å². The molecule has 120 valence electrons. The third kappa shape index (κ3) is 5.01. The maximum atomic E-state index is 5.95. The van der Waals surface area contributed by atoms with Crippen molar-refractivity contribution >= 4 is 29.9 Å². The van der Waals surface area contributed by atoms with Crippen LogP contribution in [0.25, 0.3) is 5.69 Å². The third-order valence-electron chi connectivity index (χ3n) is 3.42. The fourth-order valence-corrected chi connectivity index (χ4v) is 2.16. The number of nitrogens with zero attached hydrogens (tertiary/aromatic N) is 4. The lowest BCUT2D eigenvalue weighted by molar-refractivity contribution is 0.458. The molecule has 1 aromatic carbocycles. The average molecular weight is 413 g/mol. The first-order chi connectivity index (χ1) is 10.2. The smallest absolute Gasteiger partial charge is 0.191 e. The highest BCUT2D eigenvalue weighted by Gasteiger charge is 2.03. The second-order valence-electron chi connectivity index (χ2n) is 4.79. The lowest BCUT2D eigenvalue weighted by Gasteiger charge is -2.19. The fourth-order valence-electron chi connectivity index (χ4n) is 2.16. The van der Waals surface area contributed by atoms with Gasteiger partial charge in [0.15, 0.2) is 5.96 Å². The van der Waals surface area contributed by atoms with Gasteiger partial charge in [-0.15, -0.1) is 24.0 Å². The summed E-state index contributed by atoms with van der Waals surface area (Å²) in [5.41, 5.74) is 8.18. The van der Waals surface area contributed by atoms with E-state index < -0.39 is 0 Å². The predicted molar refractivity (Wildman–Crippen MR) is 102 cm³/mol. The standard InChI is InChI=1S/C16H23N5.HI/c1-3-20(4-2)16(17)18-11-10-14-12-19-21(13-14)15-8-6-5-7-9-15;/h5-9,12-13H,3-4,10-11H2,1-2H3,(H2,17,18);1H. The molecule has 2 N–H and O–H groups in total. The zero-order valence-corrected chi connectivity index (χ0v) is 15.5. The van der Waals surface area contributed by atoms with Crippen molar-refractivity contribution in [2.45, 2.75) is 20.3 Å². The van der Waals surface area contributed by atoms with Crippen LogP contribution in [0.4, 0.5) is 0 Å². The van der Waals surface area contributed by atoms with Crippen LogP contribution in [-0.2, 0) is 6.42 Å². The van der Waals surface area contributed by atoms with Crippen molar-refractivity contribution in [2.24, 2.45) is 10.7 Å². The molecule has 0 fully saturated rings. The van der Waals surface area contributed by atoms with Gasteiger partial charge in [-0.05, 0) is 38.0 Å². The average Bonchev–Trinajstić information content (AvgIpc) is 2.98. The number of nitrogens with two attached hydrogens (primary N) is 1. The van der Waals surface area contributed by atoms with E-state index in [1.807, 2.05) is 52.3 Å². The minimum Gasteiger partial charge on any atom is -0.370 e. The van der Waals surface area contributed by atoms with Gasteiger partial charge in [-0.1, -0.05) is 18.2 Å². The highest BCUT2D eigenvalue weighted by molar-refractivity contribution is 14.0. The molecule has 2 aromatic rings. The normalized spacial score (nSPS) is 11.1. The van der Waals surface area contributed by atoms with Crippen molar-refractivity contribution in [3.05, 3.63) is 48.3 Å². The zero-order valence-electron chi connectivity index (χ0n) is 13.1. The van der Waals surface area contributed by atoms with Crippen molar-refractivity contribution in [2.75, 3.05) is 19.6 Å². The summed E-state index contributed by atoms with van der Waals surface area (Å²) in [5, 5.41) is 4.38. The molecule has 0 aliphatic rings. The van der Waals surface area contributed by atoms with Crippen LogP contribution in [0.3, 0.4) is 0 Å². The van der Waals surface area contributed by atoms with Crippen molar-refractivity contribution in [1.82, 2.24) is 14.7 Å². The first-order valence-corrected chi connectivity index (χ1v) is 7.38. The molecular weight excluding hydrogens is 389 g/mol. The molecule has 1 heterocycles. The van der Waals surface area contributed by atoms with E-state index in [2.05, 4.69) is 23.9 Å². The van der Waals surface area contributed by atoms with Crippen LogP contribution in [0, 0.1) is 0 Å². The third-order valence-corrected chi connectivity index (χ3v) is 3.42. The summed E-state index contributed by atoms with van der Waals surface area (Å²) < 4.78 is 1.88.